The van der Waals surface area contributed by atoms with Crippen LogP contribution in [0.2, 0.25) is 0 Å². The molecule has 0 bridgehead atoms. The maximum absolute atomic E-state index is 5.87. The van der Waals surface area contributed by atoms with Crippen molar-refractivity contribution in [3.8, 4) is 11.5 Å². The minimum Gasteiger partial charge on any atom is -0.497 e. The van der Waals surface area contributed by atoms with Crippen molar-refractivity contribution in [1.82, 2.24) is 0 Å². The number of rotatable bonds is 5. The maximum atomic E-state index is 5.87. The first-order valence-corrected chi connectivity index (χ1v) is 7.10. The highest BCUT2D eigenvalue weighted by molar-refractivity contribution is 9.11. The average Bonchev–Trinajstić information content (AvgIpc) is 2.83. The van der Waals surface area contributed by atoms with E-state index in [1.807, 2.05) is 36.4 Å². The topological polar surface area (TPSA) is 44.5 Å². The van der Waals surface area contributed by atoms with Crippen molar-refractivity contribution in [2.24, 2.45) is 5.73 Å². The fourth-order valence-electron chi connectivity index (χ4n) is 1.54. The van der Waals surface area contributed by atoms with Gasteiger partial charge in [0, 0.05) is 11.4 Å². The molecule has 18 heavy (non-hydrogen) atoms. The van der Waals surface area contributed by atoms with Crippen LogP contribution < -0.4 is 15.2 Å². The first-order valence-electron chi connectivity index (χ1n) is 5.49. The molecule has 1 aromatic heterocycles. The van der Waals surface area contributed by atoms with E-state index in [0.717, 1.165) is 20.2 Å². The highest BCUT2D eigenvalue weighted by atomic mass is 79.9. The molecule has 0 aliphatic carbocycles. The largest absolute Gasteiger partial charge is 0.497 e. The Bertz CT molecular complexity index is 498. The van der Waals surface area contributed by atoms with Gasteiger partial charge in [-0.15, -0.1) is 11.3 Å². The van der Waals surface area contributed by atoms with Gasteiger partial charge in [-0.05, 0) is 52.3 Å². The number of thiophene rings is 1. The molecule has 1 atom stereocenters. The molecule has 2 aromatic rings. The molecule has 0 saturated heterocycles. The first-order chi connectivity index (χ1) is 8.72. The molecule has 1 heterocycles. The fraction of sp³-hybridized carbons (Fsp3) is 0.231. The van der Waals surface area contributed by atoms with Gasteiger partial charge in [0.05, 0.1) is 10.9 Å². The van der Waals surface area contributed by atoms with Crippen molar-refractivity contribution in [3.05, 3.63) is 45.1 Å². The molecule has 0 saturated carbocycles. The van der Waals surface area contributed by atoms with Crippen LogP contribution in [-0.2, 0) is 0 Å². The van der Waals surface area contributed by atoms with Gasteiger partial charge in [0.25, 0.3) is 0 Å². The van der Waals surface area contributed by atoms with Crippen molar-refractivity contribution in [3.63, 3.8) is 0 Å². The maximum Gasteiger partial charge on any atom is 0.145 e. The summed E-state index contributed by atoms with van der Waals surface area (Å²) in [7, 11) is 1.64. The Morgan fingerprint density at radius 2 is 1.83 bits per heavy atom. The molecule has 96 valence electrons. The number of ether oxygens (including phenoxy) is 2. The van der Waals surface area contributed by atoms with Crippen molar-refractivity contribution < 1.29 is 9.47 Å². The Kier molecular flexibility index (Phi) is 4.63. The van der Waals surface area contributed by atoms with Gasteiger partial charge in [0.2, 0.25) is 0 Å². The molecule has 2 N–H and O–H groups in total. The lowest BCUT2D eigenvalue weighted by molar-refractivity contribution is 0.218. The molecular weight excluding hydrogens is 314 g/mol. The molecule has 3 nitrogen and oxygen atoms in total. The zero-order valence-corrected chi connectivity index (χ0v) is 12.3. The van der Waals surface area contributed by atoms with Gasteiger partial charge in [-0.2, -0.15) is 0 Å². The van der Waals surface area contributed by atoms with Crippen LogP contribution in [0, 0.1) is 0 Å². The van der Waals surface area contributed by atoms with Crippen LogP contribution >= 0.6 is 27.3 Å². The molecule has 1 unspecified atom stereocenters. The molecule has 0 amide bonds. The smallest absolute Gasteiger partial charge is 0.145 e. The number of methoxy groups -OCH3 is 1. The number of hydrogen-bond donors (Lipinski definition) is 1. The van der Waals surface area contributed by atoms with Crippen LogP contribution in [0.3, 0.4) is 0 Å². The second kappa shape index (κ2) is 6.22. The summed E-state index contributed by atoms with van der Waals surface area (Å²) < 4.78 is 12.1. The van der Waals surface area contributed by atoms with Gasteiger partial charge < -0.3 is 15.2 Å². The van der Waals surface area contributed by atoms with E-state index in [1.54, 1.807) is 18.4 Å². The van der Waals surface area contributed by atoms with E-state index in [-0.39, 0.29) is 6.10 Å². The quantitative estimate of drug-likeness (QED) is 0.912. The van der Waals surface area contributed by atoms with Gasteiger partial charge >= 0.3 is 0 Å². The van der Waals surface area contributed by atoms with Gasteiger partial charge in [0.15, 0.2) is 0 Å². The van der Waals surface area contributed by atoms with E-state index < -0.39 is 0 Å². The molecule has 0 aliphatic rings. The van der Waals surface area contributed by atoms with Crippen molar-refractivity contribution in [1.29, 1.82) is 0 Å². The van der Waals surface area contributed by atoms with Crippen LogP contribution in [0.25, 0.3) is 0 Å². The van der Waals surface area contributed by atoms with Crippen molar-refractivity contribution >= 4 is 27.3 Å². The normalized spacial score (nSPS) is 12.2. The van der Waals surface area contributed by atoms with E-state index in [9.17, 15) is 0 Å². The third kappa shape index (κ3) is 3.25. The fourth-order valence-corrected chi connectivity index (χ4v) is 3.01. The van der Waals surface area contributed by atoms with E-state index in [4.69, 9.17) is 15.2 Å². The number of nitrogens with two attached hydrogens (primary N) is 1. The number of hydrogen-bond acceptors (Lipinski definition) is 4. The Balaban J connectivity index is 2.10. The lowest BCUT2D eigenvalue weighted by Crippen LogP contribution is -2.17. The van der Waals surface area contributed by atoms with E-state index in [0.29, 0.717) is 6.54 Å². The van der Waals surface area contributed by atoms with Crippen LogP contribution in [0.5, 0.6) is 11.5 Å². The third-order valence-corrected chi connectivity index (χ3v) is 4.18. The first kappa shape index (κ1) is 13.4. The molecule has 2 rings (SSSR count). The molecular formula is C13H14BrNO2S. The van der Waals surface area contributed by atoms with Crippen molar-refractivity contribution in [2.45, 2.75) is 6.10 Å². The average molecular weight is 328 g/mol. The Labute approximate surface area is 119 Å². The Hall–Kier alpha value is -1.04. The van der Waals surface area contributed by atoms with Crippen LogP contribution in [0.1, 0.15) is 11.0 Å². The summed E-state index contributed by atoms with van der Waals surface area (Å²) in [5.74, 6) is 1.60. The second-order valence-corrected chi connectivity index (χ2v) is 6.15. The summed E-state index contributed by atoms with van der Waals surface area (Å²) in [6.07, 6.45) is -0.116. The summed E-state index contributed by atoms with van der Waals surface area (Å²) in [5.41, 5.74) is 5.76. The predicted octanol–water partition coefficient (Wildman–Crippen LogP) is 3.60. The molecule has 0 radical (unpaired) electrons. The van der Waals surface area contributed by atoms with Gasteiger partial charge in [-0.3, -0.25) is 0 Å². The summed E-state index contributed by atoms with van der Waals surface area (Å²) in [6, 6.07) is 11.5. The van der Waals surface area contributed by atoms with Gasteiger partial charge in [0.1, 0.15) is 17.6 Å². The highest BCUT2D eigenvalue weighted by Gasteiger charge is 2.13. The summed E-state index contributed by atoms with van der Waals surface area (Å²) >= 11 is 5.07. The second-order valence-electron chi connectivity index (χ2n) is 3.66. The minimum absolute atomic E-state index is 0.116. The standard InChI is InChI=1S/C13H14BrNO2S/c1-16-9-2-4-10(5-3-9)17-11(8-15)12-6-7-13(14)18-12/h2-7,11H,8,15H2,1H3. The van der Waals surface area contributed by atoms with Gasteiger partial charge in [-0.25, -0.2) is 0 Å². The third-order valence-electron chi connectivity index (χ3n) is 2.46. The van der Waals surface area contributed by atoms with E-state index >= 15 is 0 Å². The van der Waals surface area contributed by atoms with Crippen LogP contribution in [0.4, 0.5) is 0 Å². The predicted molar refractivity (Wildman–Crippen MR) is 77.4 cm³/mol. The number of halogens is 1. The monoisotopic (exact) mass is 327 g/mol. The Morgan fingerprint density at radius 1 is 1.17 bits per heavy atom. The summed E-state index contributed by atoms with van der Waals surface area (Å²) in [4.78, 5) is 1.11. The van der Waals surface area contributed by atoms with E-state index in [2.05, 4.69) is 15.9 Å². The minimum atomic E-state index is -0.116. The summed E-state index contributed by atoms with van der Waals surface area (Å²) in [5, 5.41) is 0. The molecule has 5 heteroatoms. The van der Waals surface area contributed by atoms with E-state index in [1.165, 1.54) is 0 Å². The Morgan fingerprint density at radius 3 is 2.33 bits per heavy atom. The molecule has 0 fully saturated rings. The lowest BCUT2D eigenvalue weighted by Gasteiger charge is -2.16. The highest BCUT2D eigenvalue weighted by Crippen LogP contribution is 2.30. The molecule has 0 aliphatic heterocycles. The van der Waals surface area contributed by atoms with Gasteiger partial charge in [-0.1, -0.05) is 0 Å². The SMILES string of the molecule is COc1ccc(OC(CN)c2ccc(Br)s2)cc1. The molecule has 1 aromatic carbocycles. The van der Waals surface area contributed by atoms with Crippen molar-refractivity contribution in [2.75, 3.05) is 13.7 Å². The summed E-state index contributed by atoms with van der Waals surface area (Å²) in [6.45, 7) is 0.443. The van der Waals surface area contributed by atoms with Crippen LogP contribution in [0.15, 0.2) is 40.2 Å². The van der Waals surface area contributed by atoms with Crippen LogP contribution in [-0.4, -0.2) is 13.7 Å². The zero-order valence-electron chi connectivity index (χ0n) is 9.93. The molecule has 0 spiro atoms. The zero-order chi connectivity index (χ0) is 13.0. The lowest BCUT2D eigenvalue weighted by atomic mass is 10.2. The number of benzene rings is 1.